The average molecular weight is 460 g/mol. The molecule has 1 unspecified atom stereocenters. The molecule has 3 rings (SSSR count). The van der Waals surface area contributed by atoms with E-state index in [1.54, 1.807) is 11.3 Å². The summed E-state index contributed by atoms with van der Waals surface area (Å²) >= 11 is 4.19. The Balaban J connectivity index is 1.88. The second-order valence-electron chi connectivity index (χ2n) is 6.03. The SMILES string of the molecule is CN(C)c1ccc(C=Cc2ccccc2C(CI)c2nccs2)cc1. The highest BCUT2D eigenvalue weighted by atomic mass is 127. The van der Waals surface area contributed by atoms with Gasteiger partial charge in [0.1, 0.15) is 5.01 Å². The maximum atomic E-state index is 4.53. The number of aromatic nitrogens is 1. The number of thiazole rings is 1. The van der Waals surface area contributed by atoms with Crippen LogP contribution in [-0.4, -0.2) is 23.5 Å². The van der Waals surface area contributed by atoms with Crippen LogP contribution in [0, 0.1) is 0 Å². The van der Waals surface area contributed by atoms with Gasteiger partial charge in [0.2, 0.25) is 0 Å². The van der Waals surface area contributed by atoms with E-state index >= 15 is 0 Å². The minimum Gasteiger partial charge on any atom is -0.378 e. The van der Waals surface area contributed by atoms with E-state index in [-0.39, 0.29) is 0 Å². The molecule has 0 aliphatic heterocycles. The number of nitrogens with zero attached hydrogens (tertiary/aromatic N) is 2. The van der Waals surface area contributed by atoms with Gasteiger partial charge in [-0.05, 0) is 28.8 Å². The Hall–Kier alpha value is -1.66. The third-order valence-corrected chi connectivity index (χ3v) is 5.91. The van der Waals surface area contributed by atoms with Crippen molar-refractivity contribution in [1.82, 2.24) is 4.98 Å². The molecule has 0 fully saturated rings. The van der Waals surface area contributed by atoms with E-state index < -0.39 is 0 Å². The Kier molecular flexibility index (Phi) is 6.26. The molecule has 0 spiro atoms. The van der Waals surface area contributed by atoms with Gasteiger partial charge >= 0.3 is 0 Å². The van der Waals surface area contributed by atoms with E-state index in [4.69, 9.17) is 0 Å². The van der Waals surface area contributed by atoms with Crippen molar-refractivity contribution < 1.29 is 0 Å². The molecule has 0 aliphatic rings. The number of hydrogen-bond acceptors (Lipinski definition) is 3. The predicted octanol–water partition coefficient (Wildman–Crippen LogP) is 5.95. The molecule has 0 saturated carbocycles. The van der Waals surface area contributed by atoms with Crippen molar-refractivity contribution in [3.63, 3.8) is 0 Å². The Bertz CT molecular complexity index is 823. The molecule has 25 heavy (non-hydrogen) atoms. The highest BCUT2D eigenvalue weighted by Crippen LogP contribution is 2.31. The molecule has 0 saturated heterocycles. The van der Waals surface area contributed by atoms with Gasteiger partial charge in [-0.3, -0.25) is 0 Å². The zero-order valence-corrected chi connectivity index (χ0v) is 17.4. The van der Waals surface area contributed by atoms with Gasteiger partial charge in [0.05, 0.1) is 0 Å². The summed E-state index contributed by atoms with van der Waals surface area (Å²) in [5.74, 6) is 0.345. The molecular weight excluding hydrogens is 439 g/mol. The van der Waals surface area contributed by atoms with E-state index in [2.05, 4.69) is 113 Å². The maximum Gasteiger partial charge on any atom is 0.101 e. The van der Waals surface area contributed by atoms with E-state index in [9.17, 15) is 0 Å². The van der Waals surface area contributed by atoms with Crippen molar-refractivity contribution in [2.45, 2.75) is 5.92 Å². The molecule has 0 bridgehead atoms. The summed E-state index contributed by atoms with van der Waals surface area (Å²) in [4.78, 5) is 6.65. The fourth-order valence-corrected chi connectivity index (χ4v) is 4.69. The topological polar surface area (TPSA) is 16.1 Å². The zero-order chi connectivity index (χ0) is 17.6. The Morgan fingerprint density at radius 3 is 2.48 bits per heavy atom. The van der Waals surface area contributed by atoms with Gasteiger partial charge in [-0.25, -0.2) is 4.98 Å². The van der Waals surface area contributed by atoms with Crippen molar-refractivity contribution >= 4 is 51.8 Å². The molecule has 0 N–H and O–H groups in total. The van der Waals surface area contributed by atoms with Gasteiger partial charge in [-0.15, -0.1) is 11.3 Å². The molecule has 1 heterocycles. The van der Waals surface area contributed by atoms with Crippen LogP contribution in [0.4, 0.5) is 5.69 Å². The summed E-state index contributed by atoms with van der Waals surface area (Å²) in [6.07, 6.45) is 6.29. The molecule has 4 heteroatoms. The van der Waals surface area contributed by atoms with Crippen molar-refractivity contribution in [1.29, 1.82) is 0 Å². The molecule has 1 atom stereocenters. The first-order chi connectivity index (χ1) is 12.2. The first kappa shape index (κ1) is 18.1. The van der Waals surface area contributed by atoms with Gasteiger partial charge in [0.25, 0.3) is 0 Å². The number of hydrogen-bond donors (Lipinski definition) is 0. The molecular formula is C21H21IN2S. The molecule has 128 valence electrons. The monoisotopic (exact) mass is 460 g/mol. The van der Waals surface area contributed by atoms with Crippen LogP contribution in [0.3, 0.4) is 0 Å². The van der Waals surface area contributed by atoms with Crippen LogP contribution in [0.25, 0.3) is 12.2 Å². The molecule has 2 aromatic carbocycles. The summed E-state index contributed by atoms with van der Waals surface area (Å²) in [7, 11) is 4.12. The molecule has 0 aliphatic carbocycles. The third kappa shape index (κ3) is 4.50. The standard InChI is InChI=1S/C21H21IN2S/c1-24(2)18-11-8-16(9-12-18)7-10-17-5-3-4-6-19(17)20(15-22)21-23-13-14-25-21/h3-14,20H,15H2,1-2H3. The summed E-state index contributed by atoms with van der Waals surface area (Å²) in [5, 5.41) is 3.24. The lowest BCUT2D eigenvalue weighted by Gasteiger charge is -2.15. The maximum absolute atomic E-state index is 4.53. The highest BCUT2D eigenvalue weighted by Gasteiger charge is 2.17. The van der Waals surface area contributed by atoms with Crippen LogP contribution in [0.1, 0.15) is 27.6 Å². The molecule has 0 amide bonds. The zero-order valence-electron chi connectivity index (χ0n) is 14.4. The second kappa shape index (κ2) is 8.63. The van der Waals surface area contributed by atoms with Gasteiger partial charge in [-0.2, -0.15) is 0 Å². The quantitative estimate of drug-likeness (QED) is 0.257. The van der Waals surface area contributed by atoms with Crippen LogP contribution in [0.5, 0.6) is 0 Å². The Morgan fingerprint density at radius 1 is 1.08 bits per heavy atom. The number of anilines is 1. The van der Waals surface area contributed by atoms with E-state index in [1.165, 1.54) is 27.4 Å². The van der Waals surface area contributed by atoms with E-state index in [0.717, 1.165) is 4.43 Å². The number of alkyl halides is 1. The normalized spacial score (nSPS) is 12.4. The fraction of sp³-hybridized carbons (Fsp3) is 0.190. The second-order valence-corrected chi connectivity index (χ2v) is 7.83. The lowest BCUT2D eigenvalue weighted by atomic mass is 9.95. The molecule has 3 aromatic rings. The van der Waals surface area contributed by atoms with Gasteiger partial charge in [0, 0.05) is 41.7 Å². The first-order valence-electron chi connectivity index (χ1n) is 8.19. The predicted molar refractivity (Wildman–Crippen MR) is 119 cm³/mol. The Morgan fingerprint density at radius 2 is 1.84 bits per heavy atom. The first-order valence-corrected chi connectivity index (χ1v) is 10.6. The minimum absolute atomic E-state index is 0.345. The largest absolute Gasteiger partial charge is 0.378 e. The van der Waals surface area contributed by atoms with Crippen LogP contribution >= 0.6 is 33.9 Å². The van der Waals surface area contributed by atoms with Gasteiger partial charge < -0.3 is 4.90 Å². The minimum atomic E-state index is 0.345. The molecule has 0 radical (unpaired) electrons. The molecule has 1 aromatic heterocycles. The summed E-state index contributed by atoms with van der Waals surface area (Å²) in [5.41, 5.74) is 5.02. The molecule has 2 nitrogen and oxygen atoms in total. The van der Waals surface area contributed by atoms with Crippen molar-refractivity contribution in [2.24, 2.45) is 0 Å². The van der Waals surface area contributed by atoms with Gasteiger partial charge in [-0.1, -0.05) is 71.1 Å². The summed E-state index contributed by atoms with van der Waals surface area (Å²) in [6, 6.07) is 17.2. The van der Waals surface area contributed by atoms with Crippen LogP contribution in [0.15, 0.2) is 60.1 Å². The van der Waals surface area contributed by atoms with Crippen LogP contribution in [-0.2, 0) is 0 Å². The number of halogens is 1. The lowest BCUT2D eigenvalue weighted by molar-refractivity contribution is 0.929. The summed E-state index contributed by atoms with van der Waals surface area (Å²) in [6.45, 7) is 0. The lowest BCUT2D eigenvalue weighted by Crippen LogP contribution is -2.07. The summed E-state index contributed by atoms with van der Waals surface area (Å²) < 4.78 is 1.02. The van der Waals surface area contributed by atoms with Crippen LogP contribution in [0.2, 0.25) is 0 Å². The number of benzene rings is 2. The number of rotatable bonds is 6. The van der Waals surface area contributed by atoms with Crippen molar-refractivity contribution in [3.05, 3.63) is 81.8 Å². The van der Waals surface area contributed by atoms with Crippen molar-refractivity contribution in [2.75, 3.05) is 23.4 Å². The van der Waals surface area contributed by atoms with E-state index in [1.807, 2.05) is 6.20 Å². The average Bonchev–Trinajstić information content (AvgIpc) is 3.16. The third-order valence-electron chi connectivity index (χ3n) is 4.14. The fourth-order valence-electron chi connectivity index (χ4n) is 2.74. The van der Waals surface area contributed by atoms with Crippen LogP contribution < -0.4 is 4.90 Å². The van der Waals surface area contributed by atoms with E-state index in [0.29, 0.717) is 5.92 Å². The van der Waals surface area contributed by atoms with Crippen molar-refractivity contribution in [3.8, 4) is 0 Å². The smallest absolute Gasteiger partial charge is 0.101 e. The highest BCUT2D eigenvalue weighted by molar-refractivity contribution is 14.1. The van der Waals surface area contributed by atoms with Gasteiger partial charge in [0.15, 0.2) is 0 Å². The Labute approximate surface area is 167 Å².